The van der Waals surface area contributed by atoms with E-state index in [-0.39, 0.29) is 23.7 Å². The van der Waals surface area contributed by atoms with Crippen LogP contribution in [0.15, 0.2) is 35.5 Å². The number of hydrogen-bond acceptors (Lipinski definition) is 6. The van der Waals surface area contributed by atoms with Crippen molar-refractivity contribution in [3.8, 4) is 0 Å². The molecule has 1 N–H and O–H groups in total. The number of allylic oxidation sites excluding steroid dienone is 1. The minimum absolute atomic E-state index is 0.0878. The Morgan fingerprint density at radius 1 is 1.46 bits per heavy atom. The van der Waals surface area contributed by atoms with Crippen molar-refractivity contribution in [3.63, 3.8) is 0 Å². The fourth-order valence-corrected chi connectivity index (χ4v) is 3.74. The van der Waals surface area contributed by atoms with E-state index in [0.717, 1.165) is 0 Å². The molecule has 7 atom stereocenters. The second kappa shape index (κ2) is 7.00. The van der Waals surface area contributed by atoms with Gasteiger partial charge in [-0.1, -0.05) is 19.6 Å². The maximum Gasteiger partial charge on any atom is 0.334 e. The molecule has 0 aromatic rings. The lowest BCUT2D eigenvalue weighted by Crippen LogP contribution is -2.41. The summed E-state index contributed by atoms with van der Waals surface area (Å²) in [4.78, 5) is 24.6. The molecule has 2 heterocycles. The van der Waals surface area contributed by atoms with Gasteiger partial charge >= 0.3 is 11.9 Å². The van der Waals surface area contributed by atoms with Gasteiger partial charge in [-0.15, -0.1) is 0 Å². The third kappa shape index (κ3) is 3.35. The molecule has 2 fully saturated rings. The minimum Gasteiger partial charge on any atom is -0.458 e. The highest BCUT2D eigenvalue weighted by molar-refractivity contribution is 5.92. The SMILES string of the molecule is C=C1C(=O)O[C@@H]2/C=C(\C)[C@@H](O)C[C@@H]3O[C@@H]3C(C)[C@@H](OC(=O)/C(C)=C\C)[C@@H]12. The number of fused-ring (bicyclic) bond motifs is 2. The van der Waals surface area contributed by atoms with Gasteiger partial charge in [0.05, 0.1) is 24.2 Å². The maximum atomic E-state index is 12.4. The van der Waals surface area contributed by atoms with Crippen LogP contribution in [0, 0.1) is 11.8 Å². The van der Waals surface area contributed by atoms with Crippen LogP contribution in [-0.2, 0) is 23.8 Å². The van der Waals surface area contributed by atoms with Crippen LogP contribution in [0.25, 0.3) is 0 Å². The Labute approximate surface area is 153 Å². The van der Waals surface area contributed by atoms with E-state index in [4.69, 9.17) is 14.2 Å². The van der Waals surface area contributed by atoms with Crippen LogP contribution in [-0.4, -0.2) is 47.6 Å². The average molecular weight is 362 g/mol. The number of aliphatic hydroxyl groups excluding tert-OH is 1. The van der Waals surface area contributed by atoms with E-state index < -0.39 is 36.2 Å². The van der Waals surface area contributed by atoms with Crippen LogP contribution < -0.4 is 0 Å². The van der Waals surface area contributed by atoms with E-state index in [0.29, 0.717) is 17.6 Å². The van der Waals surface area contributed by atoms with Gasteiger partial charge in [-0.2, -0.15) is 0 Å². The number of aliphatic hydroxyl groups is 1. The molecule has 0 amide bonds. The molecule has 1 aliphatic carbocycles. The van der Waals surface area contributed by atoms with E-state index >= 15 is 0 Å². The molecule has 1 unspecified atom stereocenters. The second-order valence-electron chi connectivity index (χ2n) is 7.42. The monoisotopic (exact) mass is 362 g/mol. The van der Waals surface area contributed by atoms with E-state index in [2.05, 4.69) is 6.58 Å². The maximum absolute atomic E-state index is 12.4. The third-order valence-electron chi connectivity index (χ3n) is 5.68. The van der Waals surface area contributed by atoms with Crippen molar-refractivity contribution >= 4 is 11.9 Å². The van der Waals surface area contributed by atoms with Crippen molar-refractivity contribution in [1.29, 1.82) is 0 Å². The number of carbonyl (C=O) groups excluding carboxylic acids is 2. The first kappa shape index (κ1) is 18.9. The lowest BCUT2D eigenvalue weighted by Gasteiger charge is -2.31. The Bertz CT molecular complexity index is 690. The first-order chi connectivity index (χ1) is 12.2. The fourth-order valence-electron chi connectivity index (χ4n) is 3.74. The lowest BCUT2D eigenvalue weighted by atomic mass is 9.80. The first-order valence-electron chi connectivity index (χ1n) is 9.00. The number of carbonyl (C=O) groups is 2. The summed E-state index contributed by atoms with van der Waals surface area (Å²) in [6, 6.07) is 0. The molecule has 6 nitrogen and oxygen atoms in total. The number of hydrogen-bond donors (Lipinski definition) is 1. The Morgan fingerprint density at radius 2 is 2.15 bits per heavy atom. The molecule has 0 saturated carbocycles. The highest BCUT2D eigenvalue weighted by atomic mass is 16.6. The topological polar surface area (TPSA) is 85.4 Å². The summed E-state index contributed by atoms with van der Waals surface area (Å²) in [6.45, 7) is 11.1. The Morgan fingerprint density at radius 3 is 2.81 bits per heavy atom. The fraction of sp³-hybridized carbons (Fsp3) is 0.600. The normalized spacial score (nSPS) is 42.1. The lowest BCUT2D eigenvalue weighted by molar-refractivity contribution is -0.151. The van der Waals surface area contributed by atoms with Gasteiger partial charge in [0.1, 0.15) is 12.2 Å². The zero-order chi connectivity index (χ0) is 19.2. The van der Waals surface area contributed by atoms with Crippen molar-refractivity contribution in [2.24, 2.45) is 11.8 Å². The van der Waals surface area contributed by atoms with Gasteiger partial charge in [0, 0.05) is 23.5 Å². The van der Waals surface area contributed by atoms with Crippen LogP contribution in [0.3, 0.4) is 0 Å². The van der Waals surface area contributed by atoms with Gasteiger partial charge in [-0.3, -0.25) is 0 Å². The van der Waals surface area contributed by atoms with E-state index in [1.54, 1.807) is 32.9 Å². The number of epoxide rings is 1. The molecule has 0 spiro atoms. The summed E-state index contributed by atoms with van der Waals surface area (Å²) >= 11 is 0. The molecule has 26 heavy (non-hydrogen) atoms. The summed E-state index contributed by atoms with van der Waals surface area (Å²) in [5.74, 6) is -1.59. The predicted molar refractivity (Wildman–Crippen MR) is 94.0 cm³/mol. The molecule has 2 aliphatic heterocycles. The number of rotatable bonds is 2. The number of ether oxygens (including phenoxy) is 3. The average Bonchev–Trinajstić information content (AvgIpc) is 3.31. The minimum atomic E-state index is -0.658. The number of esters is 2. The summed E-state index contributed by atoms with van der Waals surface area (Å²) in [6.07, 6.45) is 1.80. The van der Waals surface area contributed by atoms with Gasteiger partial charge < -0.3 is 19.3 Å². The summed E-state index contributed by atoms with van der Waals surface area (Å²) in [5.41, 5.74) is 1.49. The van der Waals surface area contributed by atoms with Gasteiger partial charge in [0.15, 0.2) is 0 Å². The van der Waals surface area contributed by atoms with E-state index in [1.807, 2.05) is 6.92 Å². The van der Waals surface area contributed by atoms with Gasteiger partial charge in [-0.05, 0) is 32.4 Å². The summed E-state index contributed by atoms with van der Waals surface area (Å²) in [5, 5.41) is 10.3. The van der Waals surface area contributed by atoms with Crippen LogP contribution in [0.1, 0.15) is 34.1 Å². The molecule has 3 rings (SSSR count). The van der Waals surface area contributed by atoms with Crippen LogP contribution in [0.2, 0.25) is 0 Å². The molecule has 142 valence electrons. The Hall–Kier alpha value is -1.92. The summed E-state index contributed by atoms with van der Waals surface area (Å²) < 4.78 is 17.0. The molecular weight excluding hydrogens is 336 g/mol. The highest BCUT2D eigenvalue weighted by Gasteiger charge is 2.54. The van der Waals surface area contributed by atoms with Crippen LogP contribution in [0.5, 0.6) is 0 Å². The van der Waals surface area contributed by atoms with Crippen molar-refractivity contribution in [2.75, 3.05) is 0 Å². The molecule has 0 bridgehead atoms. The predicted octanol–water partition coefficient (Wildman–Crippen LogP) is 2.08. The van der Waals surface area contributed by atoms with E-state index in [9.17, 15) is 14.7 Å². The van der Waals surface area contributed by atoms with Crippen molar-refractivity contribution in [3.05, 3.63) is 35.5 Å². The largest absolute Gasteiger partial charge is 0.458 e. The van der Waals surface area contributed by atoms with Gasteiger partial charge in [0.2, 0.25) is 0 Å². The van der Waals surface area contributed by atoms with Gasteiger partial charge in [-0.25, -0.2) is 9.59 Å². The second-order valence-corrected chi connectivity index (χ2v) is 7.42. The van der Waals surface area contributed by atoms with Crippen LogP contribution >= 0.6 is 0 Å². The van der Waals surface area contributed by atoms with Crippen LogP contribution in [0.4, 0.5) is 0 Å². The Balaban J connectivity index is 1.99. The van der Waals surface area contributed by atoms with Crippen molar-refractivity contribution < 1.29 is 28.9 Å². The van der Waals surface area contributed by atoms with Crippen molar-refractivity contribution in [1.82, 2.24) is 0 Å². The van der Waals surface area contributed by atoms with Crippen molar-refractivity contribution in [2.45, 2.75) is 64.6 Å². The smallest absolute Gasteiger partial charge is 0.334 e. The molecule has 2 saturated heterocycles. The highest BCUT2D eigenvalue weighted by Crippen LogP contribution is 2.43. The summed E-state index contributed by atoms with van der Waals surface area (Å²) in [7, 11) is 0. The van der Waals surface area contributed by atoms with Gasteiger partial charge in [0.25, 0.3) is 0 Å². The molecular formula is C20H26O6. The Kier molecular flexibility index (Phi) is 5.08. The molecule has 3 aliphatic rings. The first-order valence-corrected chi connectivity index (χ1v) is 9.00. The zero-order valence-electron chi connectivity index (χ0n) is 15.6. The quantitative estimate of drug-likeness (QED) is 0.350. The zero-order valence-corrected chi connectivity index (χ0v) is 15.6. The molecule has 0 aromatic heterocycles. The molecule has 6 heteroatoms. The van der Waals surface area contributed by atoms with E-state index in [1.165, 1.54) is 0 Å². The third-order valence-corrected chi connectivity index (χ3v) is 5.68. The molecule has 0 radical (unpaired) electrons. The molecule has 0 aromatic carbocycles. The standard InChI is InChI=1S/C20H26O6/c1-6-9(2)19(22)26-18-12(5)17-15(24-17)8-13(21)10(3)7-14-16(18)11(4)20(23)25-14/h6-7,12-18,21H,4,8H2,1-3,5H3/b9-6-,10-7+/t12?,13-,14+,15-,16-,17+,18+/m0/s1.